The van der Waals surface area contributed by atoms with E-state index >= 15 is 0 Å². The van der Waals surface area contributed by atoms with Crippen molar-refractivity contribution in [2.75, 3.05) is 13.1 Å². The minimum atomic E-state index is -0.154. The Balaban J connectivity index is 2.09. The average Bonchev–Trinajstić information content (AvgIpc) is 3.18. The number of carbonyl (C=O) groups is 1. The summed E-state index contributed by atoms with van der Waals surface area (Å²) < 4.78 is 0. The van der Waals surface area contributed by atoms with Crippen molar-refractivity contribution in [2.45, 2.75) is 12.8 Å². The number of aromatic nitrogens is 1. The number of amides is 1. The molecule has 2 rings (SSSR count). The van der Waals surface area contributed by atoms with Gasteiger partial charge in [0, 0.05) is 12.7 Å². The zero-order valence-corrected chi connectivity index (χ0v) is 9.57. The van der Waals surface area contributed by atoms with E-state index in [1.165, 1.54) is 12.8 Å². The van der Waals surface area contributed by atoms with Crippen LogP contribution in [0.1, 0.15) is 28.9 Å². The number of nitrogens with two attached hydrogens (primary N) is 1. The van der Waals surface area contributed by atoms with Crippen LogP contribution in [0.4, 0.5) is 0 Å². The highest BCUT2D eigenvalue weighted by atomic mass is 16.1. The Morgan fingerprint density at radius 3 is 3.12 bits per heavy atom. The van der Waals surface area contributed by atoms with Crippen molar-refractivity contribution < 1.29 is 4.79 Å². The van der Waals surface area contributed by atoms with Gasteiger partial charge in [-0.25, -0.2) is 4.98 Å². The number of hydrogen-bond donors (Lipinski definition) is 2. The van der Waals surface area contributed by atoms with E-state index < -0.39 is 0 Å². The van der Waals surface area contributed by atoms with Crippen molar-refractivity contribution in [1.29, 1.82) is 0 Å². The molecular formula is C13H15N3O. The largest absolute Gasteiger partial charge is 0.350 e. The highest BCUT2D eigenvalue weighted by Gasteiger charge is 2.22. The molecule has 1 aliphatic carbocycles. The van der Waals surface area contributed by atoms with Crippen LogP contribution in [0.5, 0.6) is 0 Å². The Labute approximate surface area is 101 Å². The maximum atomic E-state index is 11.9. The Hall–Kier alpha value is -1.86. The van der Waals surface area contributed by atoms with E-state index in [0.29, 0.717) is 17.2 Å². The molecule has 1 saturated carbocycles. The summed E-state index contributed by atoms with van der Waals surface area (Å²) in [4.78, 5) is 16.0. The van der Waals surface area contributed by atoms with Crippen LogP contribution in [0.2, 0.25) is 0 Å². The molecule has 0 radical (unpaired) electrons. The maximum absolute atomic E-state index is 11.9. The fraction of sp³-hybridized carbons (Fsp3) is 0.385. The van der Waals surface area contributed by atoms with Crippen molar-refractivity contribution in [3.8, 4) is 11.8 Å². The summed E-state index contributed by atoms with van der Waals surface area (Å²) >= 11 is 0. The van der Waals surface area contributed by atoms with Gasteiger partial charge in [0.2, 0.25) is 0 Å². The lowest BCUT2D eigenvalue weighted by atomic mass is 10.2. The van der Waals surface area contributed by atoms with Crippen LogP contribution >= 0.6 is 0 Å². The van der Waals surface area contributed by atoms with Gasteiger partial charge in [0.15, 0.2) is 0 Å². The van der Waals surface area contributed by atoms with Gasteiger partial charge in [0.25, 0.3) is 5.91 Å². The third-order valence-electron chi connectivity index (χ3n) is 2.60. The van der Waals surface area contributed by atoms with Gasteiger partial charge in [0.05, 0.1) is 12.1 Å². The fourth-order valence-corrected chi connectivity index (χ4v) is 1.48. The molecule has 4 nitrogen and oxygen atoms in total. The van der Waals surface area contributed by atoms with Crippen LogP contribution in [0, 0.1) is 17.8 Å². The van der Waals surface area contributed by atoms with Crippen LogP contribution in [-0.4, -0.2) is 24.0 Å². The van der Waals surface area contributed by atoms with Gasteiger partial charge in [-0.3, -0.25) is 4.79 Å². The number of rotatable bonds is 3. The summed E-state index contributed by atoms with van der Waals surface area (Å²) in [5, 5.41) is 2.88. The molecule has 0 saturated heterocycles. The molecule has 1 aromatic heterocycles. The van der Waals surface area contributed by atoms with Crippen molar-refractivity contribution in [1.82, 2.24) is 10.3 Å². The normalized spacial score (nSPS) is 13.7. The molecule has 1 aliphatic rings. The molecular weight excluding hydrogens is 214 g/mol. The first-order valence-corrected chi connectivity index (χ1v) is 5.73. The molecule has 0 unspecified atom stereocenters. The molecule has 0 bridgehead atoms. The third kappa shape index (κ3) is 3.30. The third-order valence-corrected chi connectivity index (χ3v) is 2.60. The van der Waals surface area contributed by atoms with E-state index in [0.717, 1.165) is 6.54 Å². The first-order valence-electron chi connectivity index (χ1n) is 5.73. The van der Waals surface area contributed by atoms with Crippen LogP contribution in [0.25, 0.3) is 0 Å². The summed E-state index contributed by atoms with van der Waals surface area (Å²) in [6.45, 7) is 1.01. The molecule has 88 valence electrons. The lowest BCUT2D eigenvalue weighted by Gasteiger charge is -2.04. The van der Waals surface area contributed by atoms with E-state index in [2.05, 4.69) is 22.1 Å². The zero-order valence-electron chi connectivity index (χ0n) is 9.57. The van der Waals surface area contributed by atoms with E-state index in [-0.39, 0.29) is 12.5 Å². The van der Waals surface area contributed by atoms with Crippen LogP contribution in [0.3, 0.4) is 0 Å². The second kappa shape index (κ2) is 5.46. The SMILES string of the molecule is NCC#Cc1cccnc1C(=O)NCC1CC1. The van der Waals surface area contributed by atoms with Crippen molar-refractivity contribution in [3.05, 3.63) is 29.6 Å². The fourth-order valence-electron chi connectivity index (χ4n) is 1.48. The number of carbonyl (C=O) groups excluding carboxylic acids is 1. The van der Waals surface area contributed by atoms with Crippen molar-refractivity contribution in [2.24, 2.45) is 11.7 Å². The molecule has 1 amide bonds. The van der Waals surface area contributed by atoms with E-state index in [4.69, 9.17) is 5.73 Å². The minimum absolute atomic E-state index is 0.154. The van der Waals surface area contributed by atoms with Crippen molar-refractivity contribution in [3.63, 3.8) is 0 Å². The molecule has 1 fully saturated rings. The molecule has 0 aliphatic heterocycles. The lowest BCUT2D eigenvalue weighted by molar-refractivity contribution is 0.0946. The van der Waals surface area contributed by atoms with Crippen molar-refractivity contribution >= 4 is 5.91 Å². The monoisotopic (exact) mass is 229 g/mol. The van der Waals surface area contributed by atoms with Crippen LogP contribution in [-0.2, 0) is 0 Å². The first-order chi connectivity index (χ1) is 8.31. The smallest absolute Gasteiger partial charge is 0.271 e. The first kappa shape index (κ1) is 11.6. The number of pyridine rings is 1. The van der Waals surface area contributed by atoms with Gasteiger partial charge >= 0.3 is 0 Å². The second-order valence-corrected chi connectivity index (χ2v) is 4.06. The standard InChI is InChI=1S/C13H15N3O/c14-7-1-3-11-4-2-8-15-12(11)13(17)16-9-10-5-6-10/h2,4,8,10H,5-7,9,14H2,(H,16,17). The molecule has 0 aromatic carbocycles. The zero-order chi connectivity index (χ0) is 12.1. The lowest BCUT2D eigenvalue weighted by Crippen LogP contribution is -2.27. The summed E-state index contributed by atoms with van der Waals surface area (Å²) in [6, 6.07) is 3.54. The number of nitrogens with zero attached hydrogens (tertiary/aromatic N) is 1. The molecule has 1 heterocycles. The molecule has 3 N–H and O–H groups in total. The molecule has 0 atom stereocenters. The van der Waals surface area contributed by atoms with Crippen LogP contribution in [0.15, 0.2) is 18.3 Å². The second-order valence-electron chi connectivity index (χ2n) is 4.06. The minimum Gasteiger partial charge on any atom is -0.350 e. The molecule has 0 spiro atoms. The maximum Gasteiger partial charge on any atom is 0.271 e. The predicted octanol–water partition coefficient (Wildman–Crippen LogP) is 0.532. The summed E-state index contributed by atoms with van der Waals surface area (Å²) in [6.07, 6.45) is 4.02. The van der Waals surface area contributed by atoms with Gasteiger partial charge < -0.3 is 11.1 Å². The summed E-state index contributed by atoms with van der Waals surface area (Å²) in [5.74, 6) is 6.09. The summed E-state index contributed by atoms with van der Waals surface area (Å²) in [7, 11) is 0. The molecule has 17 heavy (non-hydrogen) atoms. The van der Waals surface area contributed by atoms with Crippen LogP contribution < -0.4 is 11.1 Å². The average molecular weight is 229 g/mol. The van der Waals surface area contributed by atoms with E-state index in [9.17, 15) is 4.79 Å². The molecule has 1 aromatic rings. The topological polar surface area (TPSA) is 68.0 Å². The van der Waals surface area contributed by atoms with Gasteiger partial charge in [0.1, 0.15) is 5.69 Å². The van der Waals surface area contributed by atoms with Gasteiger partial charge in [-0.05, 0) is 30.9 Å². The Kier molecular flexibility index (Phi) is 3.73. The number of nitrogens with one attached hydrogen (secondary N) is 1. The summed E-state index contributed by atoms with van der Waals surface area (Å²) in [5.41, 5.74) is 6.33. The predicted molar refractivity (Wildman–Crippen MR) is 65.2 cm³/mol. The van der Waals surface area contributed by atoms with Gasteiger partial charge in [-0.2, -0.15) is 0 Å². The Morgan fingerprint density at radius 2 is 2.41 bits per heavy atom. The molecule has 4 heteroatoms. The van der Waals surface area contributed by atoms with E-state index in [1.807, 2.05) is 0 Å². The highest BCUT2D eigenvalue weighted by molar-refractivity contribution is 5.94. The Bertz CT molecular complexity index is 469. The van der Waals surface area contributed by atoms with Gasteiger partial charge in [-0.15, -0.1) is 0 Å². The van der Waals surface area contributed by atoms with Gasteiger partial charge in [-0.1, -0.05) is 11.8 Å². The van der Waals surface area contributed by atoms with E-state index in [1.54, 1.807) is 18.3 Å². The highest BCUT2D eigenvalue weighted by Crippen LogP contribution is 2.27. The Morgan fingerprint density at radius 1 is 1.59 bits per heavy atom. The quantitative estimate of drug-likeness (QED) is 0.743. The number of hydrogen-bond acceptors (Lipinski definition) is 3.